The zero-order valence-corrected chi connectivity index (χ0v) is 10.3. The molecule has 0 saturated carbocycles. The van der Waals surface area contributed by atoms with Crippen molar-refractivity contribution < 1.29 is 9.15 Å². The fourth-order valence-electron chi connectivity index (χ4n) is 1.78. The van der Waals surface area contributed by atoms with Gasteiger partial charge in [-0.2, -0.15) is 0 Å². The Kier molecular flexibility index (Phi) is 3.64. The van der Waals surface area contributed by atoms with Crippen LogP contribution >= 0.6 is 0 Å². The molecule has 1 atom stereocenters. The Labute approximate surface area is 101 Å². The lowest BCUT2D eigenvalue weighted by molar-refractivity contribution is 0.0354. The summed E-state index contributed by atoms with van der Waals surface area (Å²) in [5.41, 5.74) is 7.88. The molecular formula is C13H18N2O2. The van der Waals surface area contributed by atoms with E-state index in [0.717, 1.165) is 12.8 Å². The number of anilines is 1. The molecule has 0 radical (unpaired) electrons. The van der Waals surface area contributed by atoms with Crippen molar-refractivity contribution in [2.24, 2.45) is 0 Å². The van der Waals surface area contributed by atoms with Crippen LogP contribution in [-0.4, -0.2) is 11.1 Å². The molecule has 1 aromatic carbocycles. The lowest BCUT2D eigenvalue weighted by Crippen LogP contribution is -2.07. The molecule has 0 aliphatic heterocycles. The average Bonchev–Trinajstić information content (AvgIpc) is 2.71. The van der Waals surface area contributed by atoms with Crippen LogP contribution in [0.4, 0.5) is 5.69 Å². The van der Waals surface area contributed by atoms with Crippen molar-refractivity contribution >= 4 is 16.8 Å². The minimum atomic E-state index is 0.229. The van der Waals surface area contributed by atoms with E-state index >= 15 is 0 Å². The number of rotatable bonds is 5. The number of ether oxygens (including phenoxy) is 1. The SMILES string of the molecule is CCCC(C)OCc1nc2c(N)cccc2o1. The molecular weight excluding hydrogens is 216 g/mol. The summed E-state index contributed by atoms with van der Waals surface area (Å²) in [4.78, 5) is 4.33. The zero-order chi connectivity index (χ0) is 12.3. The molecule has 4 heteroatoms. The van der Waals surface area contributed by atoms with E-state index in [4.69, 9.17) is 14.9 Å². The standard InChI is InChI=1S/C13H18N2O2/c1-3-5-9(2)16-8-12-15-13-10(14)6-4-7-11(13)17-12/h4,6-7,9H,3,5,8,14H2,1-2H3. The van der Waals surface area contributed by atoms with Crippen molar-refractivity contribution in [3.05, 3.63) is 24.1 Å². The van der Waals surface area contributed by atoms with Gasteiger partial charge < -0.3 is 14.9 Å². The largest absolute Gasteiger partial charge is 0.438 e. The van der Waals surface area contributed by atoms with Crippen LogP contribution in [-0.2, 0) is 11.3 Å². The van der Waals surface area contributed by atoms with Crippen LogP contribution in [0.15, 0.2) is 22.6 Å². The van der Waals surface area contributed by atoms with Crippen LogP contribution in [0.5, 0.6) is 0 Å². The minimum absolute atomic E-state index is 0.229. The van der Waals surface area contributed by atoms with E-state index in [1.807, 2.05) is 18.2 Å². The third kappa shape index (κ3) is 2.77. The molecule has 0 bridgehead atoms. The van der Waals surface area contributed by atoms with E-state index < -0.39 is 0 Å². The van der Waals surface area contributed by atoms with Crippen molar-refractivity contribution in [3.63, 3.8) is 0 Å². The highest BCUT2D eigenvalue weighted by Gasteiger charge is 2.09. The second kappa shape index (κ2) is 5.19. The maximum atomic E-state index is 5.81. The van der Waals surface area contributed by atoms with Gasteiger partial charge in [-0.3, -0.25) is 0 Å². The number of hydrogen-bond donors (Lipinski definition) is 1. The fourth-order valence-corrected chi connectivity index (χ4v) is 1.78. The summed E-state index contributed by atoms with van der Waals surface area (Å²) in [5, 5.41) is 0. The van der Waals surface area contributed by atoms with Crippen LogP contribution in [0.2, 0.25) is 0 Å². The minimum Gasteiger partial charge on any atom is -0.438 e. The molecule has 1 unspecified atom stereocenters. The molecule has 4 nitrogen and oxygen atoms in total. The summed E-state index contributed by atoms with van der Waals surface area (Å²) in [6.45, 7) is 4.59. The highest BCUT2D eigenvalue weighted by Crippen LogP contribution is 2.21. The highest BCUT2D eigenvalue weighted by molar-refractivity contribution is 5.85. The molecule has 1 heterocycles. The molecule has 0 aliphatic carbocycles. The average molecular weight is 234 g/mol. The van der Waals surface area contributed by atoms with Crippen LogP contribution in [0, 0.1) is 0 Å². The summed E-state index contributed by atoms with van der Waals surface area (Å²) in [6, 6.07) is 5.53. The van der Waals surface area contributed by atoms with Crippen LogP contribution in [0.25, 0.3) is 11.1 Å². The number of aromatic nitrogens is 1. The van der Waals surface area contributed by atoms with Gasteiger partial charge >= 0.3 is 0 Å². The van der Waals surface area contributed by atoms with Gasteiger partial charge in [0.1, 0.15) is 12.1 Å². The van der Waals surface area contributed by atoms with Gasteiger partial charge in [0.2, 0.25) is 5.89 Å². The molecule has 0 aliphatic rings. The summed E-state index contributed by atoms with van der Waals surface area (Å²) in [6.07, 6.45) is 2.39. The van der Waals surface area contributed by atoms with Crippen LogP contribution in [0.3, 0.4) is 0 Å². The Bertz CT molecular complexity index is 493. The molecule has 2 aromatic rings. The number of nitrogen functional groups attached to an aromatic ring is 1. The quantitative estimate of drug-likeness (QED) is 0.807. The molecule has 0 fully saturated rings. The Morgan fingerprint density at radius 3 is 3.00 bits per heavy atom. The molecule has 0 spiro atoms. The smallest absolute Gasteiger partial charge is 0.221 e. The lowest BCUT2D eigenvalue weighted by Gasteiger charge is -2.09. The molecule has 0 saturated heterocycles. The Balaban J connectivity index is 2.07. The number of fused-ring (bicyclic) bond motifs is 1. The van der Waals surface area contributed by atoms with E-state index in [1.165, 1.54) is 0 Å². The Hall–Kier alpha value is -1.55. The highest BCUT2D eigenvalue weighted by atomic mass is 16.5. The number of para-hydroxylation sites is 1. The van der Waals surface area contributed by atoms with Crippen molar-refractivity contribution in [1.82, 2.24) is 4.98 Å². The van der Waals surface area contributed by atoms with E-state index in [2.05, 4.69) is 18.8 Å². The van der Waals surface area contributed by atoms with Crippen LogP contribution in [0.1, 0.15) is 32.6 Å². The summed E-state index contributed by atoms with van der Waals surface area (Å²) < 4.78 is 11.2. The number of hydrogen-bond acceptors (Lipinski definition) is 4. The first-order valence-electron chi connectivity index (χ1n) is 5.96. The Morgan fingerprint density at radius 1 is 1.47 bits per heavy atom. The molecule has 17 heavy (non-hydrogen) atoms. The van der Waals surface area contributed by atoms with E-state index in [-0.39, 0.29) is 6.10 Å². The predicted molar refractivity (Wildman–Crippen MR) is 67.6 cm³/mol. The van der Waals surface area contributed by atoms with Gasteiger partial charge in [0.15, 0.2) is 5.58 Å². The maximum Gasteiger partial charge on any atom is 0.221 e. The number of nitrogens with two attached hydrogens (primary N) is 1. The molecule has 2 N–H and O–H groups in total. The number of benzene rings is 1. The first-order chi connectivity index (χ1) is 8.20. The van der Waals surface area contributed by atoms with Crippen molar-refractivity contribution in [1.29, 1.82) is 0 Å². The van der Waals surface area contributed by atoms with E-state index in [0.29, 0.717) is 29.3 Å². The fraction of sp³-hybridized carbons (Fsp3) is 0.462. The van der Waals surface area contributed by atoms with Crippen molar-refractivity contribution in [3.8, 4) is 0 Å². The molecule has 92 valence electrons. The monoisotopic (exact) mass is 234 g/mol. The van der Waals surface area contributed by atoms with Gasteiger partial charge in [0.25, 0.3) is 0 Å². The van der Waals surface area contributed by atoms with Crippen LogP contribution < -0.4 is 5.73 Å². The normalized spacial score (nSPS) is 13.1. The Morgan fingerprint density at radius 2 is 2.29 bits per heavy atom. The van der Waals surface area contributed by atoms with Crippen molar-refractivity contribution in [2.45, 2.75) is 39.4 Å². The first-order valence-corrected chi connectivity index (χ1v) is 5.96. The summed E-state index contributed by atoms with van der Waals surface area (Å²) in [5.74, 6) is 0.584. The topological polar surface area (TPSA) is 61.3 Å². The van der Waals surface area contributed by atoms with Gasteiger partial charge in [-0.25, -0.2) is 4.98 Å². The number of nitrogens with zero attached hydrogens (tertiary/aromatic N) is 1. The van der Waals surface area contributed by atoms with Gasteiger partial charge in [0.05, 0.1) is 11.8 Å². The molecule has 2 rings (SSSR count). The second-order valence-electron chi connectivity index (χ2n) is 4.21. The molecule has 0 amide bonds. The van der Waals surface area contributed by atoms with Gasteiger partial charge in [-0.05, 0) is 25.5 Å². The van der Waals surface area contributed by atoms with E-state index in [1.54, 1.807) is 0 Å². The first kappa shape index (κ1) is 11.9. The predicted octanol–water partition coefficient (Wildman–Crippen LogP) is 3.12. The molecule has 1 aromatic heterocycles. The number of oxazole rings is 1. The van der Waals surface area contributed by atoms with Crippen molar-refractivity contribution in [2.75, 3.05) is 5.73 Å². The summed E-state index contributed by atoms with van der Waals surface area (Å²) >= 11 is 0. The maximum absolute atomic E-state index is 5.81. The van der Waals surface area contributed by atoms with Gasteiger partial charge in [-0.1, -0.05) is 19.4 Å². The second-order valence-corrected chi connectivity index (χ2v) is 4.21. The van der Waals surface area contributed by atoms with Gasteiger partial charge in [0, 0.05) is 0 Å². The third-order valence-corrected chi connectivity index (χ3v) is 2.68. The lowest BCUT2D eigenvalue weighted by atomic mass is 10.2. The van der Waals surface area contributed by atoms with Gasteiger partial charge in [-0.15, -0.1) is 0 Å². The third-order valence-electron chi connectivity index (χ3n) is 2.68. The van der Waals surface area contributed by atoms with E-state index in [9.17, 15) is 0 Å². The summed E-state index contributed by atoms with van der Waals surface area (Å²) in [7, 11) is 0. The zero-order valence-electron chi connectivity index (χ0n) is 10.3.